The van der Waals surface area contributed by atoms with E-state index in [1.165, 1.54) is 0 Å². The second-order valence-corrected chi connectivity index (χ2v) is 6.72. The molecule has 2 rings (SSSR count). The first-order chi connectivity index (χ1) is 9.88. The summed E-state index contributed by atoms with van der Waals surface area (Å²) in [5.41, 5.74) is -0.146. The summed E-state index contributed by atoms with van der Waals surface area (Å²) in [5, 5.41) is 7.87. The Balaban J connectivity index is 1.98. The lowest BCUT2D eigenvalue weighted by Gasteiger charge is -2.34. The van der Waals surface area contributed by atoms with Crippen LogP contribution in [0, 0.1) is 18.8 Å². The highest BCUT2D eigenvalue weighted by Gasteiger charge is 2.25. The van der Waals surface area contributed by atoms with Gasteiger partial charge in [-0.25, -0.2) is 0 Å². The van der Waals surface area contributed by atoms with Crippen LogP contribution in [0.3, 0.4) is 0 Å². The Labute approximate surface area is 127 Å². The molecule has 2 atom stereocenters. The summed E-state index contributed by atoms with van der Waals surface area (Å²) in [6.07, 6.45) is 1.16. The van der Waals surface area contributed by atoms with Crippen LogP contribution in [-0.2, 0) is 4.79 Å². The van der Waals surface area contributed by atoms with Crippen LogP contribution in [0.15, 0.2) is 9.95 Å². The second kappa shape index (κ2) is 6.46. The Morgan fingerprint density at radius 1 is 1.33 bits per heavy atom. The molecule has 21 heavy (non-hydrogen) atoms. The van der Waals surface area contributed by atoms with Gasteiger partial charge in [-0.3, -0.25) is 9.59 Å². The molecular formula is C13H21N5O2S. The molecular weight excluding hydrogens is 290 g/mol. The number of nitrogen functional groups attached to an aromatic ring is 1. The fourth-order valence-corrected chi connectivity index (χ4v) is 3.41. The van der Waals surface area contributed by atoms with Crippen LogP contribution in [0.5, 0.6) is 0 Å². The Hall–Kier alpha value is -1.57. The normalized spacial score (nSPS) is 22.3. The van der Waals surface area contributed by atoms with Gasteiger partial charge in [0.15, 0.2) is 0 Å². The lowest BCUT2D eigenvalue weighted by molar-refractivity contribution is -0.130. The molecule has 116 valence electrons. The third-order valence-corrected chi connectivity index (χ3v) is 4.49. The number of carbonyl (C=O) groups is 1. The highest BCUT2D eigenvalue weighted by atomic mass is 32.2. The maximum absolute atomic E-state index is 12.3. The van der Waals surface area contributed by atoms with E-state index in [2.05, 4.69) is 24.0 Å². The van der Waals surface area contributed by atoms with E-state index in [9.17, 15) is 9.59 Å². The second-order valence-electron chi connectivity index (χ2n) is 5.78. The lowest BCUT2D eigenvalue weighted by Crippen LogP contribution is -2.43. The molecule has 2 heterocycles. The molecule has 0 bridgehead atoms. The smallest absolute Gasteiger partial charge is 0.294 e. The van der Waals surface area contributed by atoms with Crippen molar-refractivity contribution in [3.63, 3.8) is 0 Å². The van der Waals surface area contributed by atoms with Crippen molar-refractivity contribution in [2.24, 2.45) is 11.8 Å². The van der Waals surface area contributed by atoms with E-state index >= 15 is 0 Å². The zero-order chi connectivity index (χ0) is 15.6. The van der Waals surface area contributed by atoms with E-state index in [0.29, 0.717) is 11.8 Å². The van der Waals surface area contributed by atoms with Crippen molar-refractivity contribution in [1.29, 1.82) is 0 Å². The molecule has 0 saturated carbocycles. The molecule has 0 aromatic carbocycles. The quantitative estimate of drug-likeness (QED) is 0.635. The predicted octanol–water partition coefficient (Wildman–Crippen LogP) is 0.257. The van der Waals surface area contributed by atoms with Gasteiger partial charge in [0.05, 0.1) is 5.75 Å². The average Bonchev–Trinajstić information content (AvgIpc) is 2.42. The van der Waals surface area contributed by atoms with Crippen molar-refractivity contribution in [2.45, 2.75) is 32.3 Å². The van der Waals surface area contributed by atoms with Crippen molar-refractivity contribution < 1.29 is 4.79 Å². The molecule has 1 aliphatic heterocycles. The molecule has 2 N–H and O–H groups in total. The molecule has 0 aliphatic carbocycles. The third kappa shape index (κ3) is 3.75. The third-order valence-electron chi connectivity index (χ3n) is 3.57. The van der Waals surface area contributed by atoms with Crippen molar-refractivity contribution >= 4 is 17.7 Å². The number of carbonyl (C=O) groups excluding carboxylic acids is 1. The molecule has 1 aromatic heterocycles. The monoisotopic (exact) mass is 311 g/mol. The first kappa shape index (κ1) is 15.8. The number of piperidine rings is 1. The molecule has 1 aliphatic rings. The van der Waals surface area contributed by atoms with Crippen LogP contribution >= 0.6 is 11.8 Å². The highest BCUT2D eigenvalue weighted by Crippen LogP contribution is 2.22. The molecule has 8 heteroatoms. The van der Waals surface area contributed by atoms with E-state index in [1.807, 2.05) is 4.90 Å². The van der Waals surface area contributed by atoms with Crippen LogP contribution in [0.4, 0.5) is 0 Å². The minimum atomic E-state index is -0.389. The topological polar surface area (TPSA) is 94.1 Å². The average molecular weight is 311 g/mol. The number of likely N-dealkylation sites (tertiary alicyclic amines) is 1. The largest absolute Gasteiger partial charge is 0.341 e. The molecule has 1 aromatic rings. The van der Waals surface area contributed by atoms with Gasteiger partial charge in [-0.1, -0.05) is 25.6 Å². The maximum atomic E-state index is 12.3. The van der Waals surface area contributed by atoms with Gasteiger partial charge in [-0.15, -0.1) is 10.2 Å². The summed E-state index contributed by atoms with van der Waals surface area (Å²) < 4.78 is 0.946. The van der Waals surface area contributed by atoms with Crippen LogP contribution in [0.2, 0.25) is 0 Å². The van der Waals surface area contributed by atoms with Crippen LogP contribution in [0.1, 0.15) is 26.0 Å². The molecule has 0 radical (unpaired) electrons. The Bertz CT molecular complexity index is 578. The summed E-state index contributed by atoms with van der Waals surface area (Å²) in [5.74, 6) is 6.96. The van der Waals surface area contributed by atoms with Crippen molar-refractivity contribution in [2.75, 3.05) is 24.7 Å². The molecule has 7 nitrogen and oxygen atoms in total. The SMILES string of the molecule is Cc1nnc(SCC(=O)N2C[C@H](C)C[C@@H](C)C2)n(N)c1=O. The lowest BCUT2D eigenvalue weighted by atomic mass is 9.92. The number of hydrogen-bond donors (Lipinski definition) is 1. The summed E-state index contributed by atoms with van der Waals surface area (Å²) in [7, 11) is 0. The standard InChI is InChI=1S/C13H21N5O2S/c1-8-4-9(2)6-17(5-8)11(19)7-21-13-16-15-10(3)12(20)18(13)14/h8-9H,4-7,14H2,1-3H3/t8-,9-/m1/s1. The first-order valence-electron chi connectivity index (χ1n) is 7.00. The number of hydrogen-bond acceptors (Lipinski definition) is 6. The van der Waals surface area contributed by atoms with E-state index in [0.717, 1.165) is 35.9 Å². The van der Waals surface area contributed by atoms with Gasteiger partial charge in [-0.05, 0) is 25.2 Å². The van der Waals surface area contributed by atoms with Gasteiger partial charge >= 0.3 is 0 Å². The van der Waals surface area contributed by atoms with E-state index in [1.54, 1.807) is 6.92 Å². The minimum absolute atomic E-state index is 0.0493. The first-order valence-corrected chi connectivity index (χ1v) is 7.99. The Kier molecular flexibility index (Phi) is 4.87. The van der Waals surface area contributed by atoms with E-state index < -0.39 is 0 Å². The summed E-state index contributed by atoms with van der Waals surface area (Å²) in [6, 6.07) is 0. The van der Waals surface area contributed by atoms with Gasteiger partial charge < -0.3 is 10.7 Å². The van der Waals surface area contributed by atoms with Crippen LogP contribution in [0.25, 0.3) is 0 Å². The number of thioether (sulfide) groups is 1. The zero-order valence-corrected chi connectivity index (χ0v) is 13.4. The van der Waals surface area contributed by atoms with Gasteiger partial charge in [-0.2, -0.15) is 4.68 Å². The van der Waals surface area contributed by atoms with Crippen LogP contribution < -0.4 is 11.4 Å². The minimum Gasteiger partial charge on any atom is -0.341 e. The van der Waals surface area contributed by atoms with Crippen molar-refractivity contribution in [3.05, 3.63) is 16.0 Å². The van der Waals surface area contributed by atoms with Crippen molar-refractivity contribution in [3.8, 4) is 0 Å². The number of amides is 1. The van der Waals surface area contributed by atoms with E-state index in [4.69, 9.17) is 5.84 Å². The van der Waals surface area contributed by atoms with Gasteiger partial charge in [0.25, 0.3) is 5.56 Å². The molecule has 1 fully saturated rings. The molecule has 0 unspecified atom stereocenters. The Morgan fingerprint density at radius 3 is 2.57 bits per heavy atom. The molecule has 1 amide bonds. The summed E-state index contributed by atoms with van der Waals surface area (Å²) in [4.78, 5) is 25.8. The zero-order valence-electron chi connectivity index (χ0n) is 12.6. The van der Waals surface area contributed by atoms with Gasteiger partial charge in [0, 0.05) is 13.1 Å². The van der Waals surface area contributed by atoms with Crippen LogP contribution in [-0.4, -0.2) is 44.5 Å². The summed E-state index contributed by atoms with van der Waals surface area (Å²) in [6.45, 7) is 7.45. The predicted molar refractivity (Wildman–Crippen MR) is 81.4 cm³/mol. The highest BCUT2D eigenvalue weighted by molar-refractivity contribution is 7.99. The van der Waals surface area contributed by atoms with Crippen molar-refractivity contribution in [1.82, 2.24) is 19.8 Å². The fourth-order valence-electron chi connectivity index (χ4n) is 2.65. The number of nitrogens with two attached hydrogens (primary N) is 1. The summed E-state index contributed by atoms with van der Waals surface area (Å²) >= 11 is 1.15. The van der Waals surface area contributed by atoms with Gasteiger partial charge in [0.2, 0.25) is 11.1 Å². The number of nitrogens with zero attached hydrogens (tertiary/aromatic N) is 4. The molecule has 0 spiro atoms. The van der Waals surface area contributed by atoms with Gasteiger partial charge in [0.1, 0.15) is 5.69 Å². The number of aromatic nitrogens is 3. The fraction of sp³-hybridized carbons (Fsp3) is 0.692. The van der Waals surface area contributed by atoms with E-state index in [-0.39, 0.29) is 28.1 Å². The molecule has 1 saturated heterocycles. The Morgan fingerprint density at radius 2 is 1.95 bits per heavy atom. The number of aryl methyl sites for hydroxylation is 1. The number of rotatable bonds is 3. The maximum Gasteiger partial charge on any atom is 0.294 e.